The molecule has 2 rings (SSSR count). The van der Waals surface area contributed by atoms with Gasteiger partial charge in [0.2, 0.25) is 5.91 Å². The zero-order chi connectivity index (χ0) is 19.3. The van der Waals surface area contributed by atoms with Gasteiger partial charge in [-0.25, -0.2) is 4.39 Å². The van der Waals surface area contributed by atoms with Gasteiger partial charge in [-0.3, -0.25) is 9.59 Å². The molecule has 1 aromatic carbocycles. The fourth-order valence-electron chi connectivity index (χ4n) is 3.02. The van der Waals surface area contributed by atoms with Crippen LogP contribution in [0.25, 0.3) is 0 Å². The molecule has 2 N–H and O–H groups in total. The van der Waals surface area contributed by atoms with Gasteiger partial charge in [0.1, 0.15) is 11.9 Å². The first-order valence-electron chi connectivity index (χ1n) is 8.83. The first-order valence-corrected chi connectivity index (χ1v) is 8.83. The van der Waals surface area contributed by atoms with E-state index in [0.29, 0.717) is 24.3 Å². The number of alkyl halides is 1. The van der Waals surface area contributed by atoms with Crippen LogP contribution in [-0.4, -0.2) is 61.2 Å². The summed E-state index contributed by atoms with van der Waals surface area (Å²) in [6, 6.07) is 6.92. The van der Waals surface area contributed by atoms with Crippen LogP contribution >= 0.6 is 0 Å². The number of benzene rings is 1. The van der Waals surface area contributed by atoms with E-state index in [9.17, 15) is 14.0 Å². The number of nitrogens with one attached hydrogen (secondary N) is 2. The van der Waals surface area contributed by atoms with Crippen molar-refractivity contribution in [1.82, 2.24) is 15.5 Å². The van der Waals surface area contributed by atoms with Crippen molar-refractivity contribution in [3.8, 4) is 5.75 Å². The number of likely N-dealkylation sites (tertiary alicyclic amines) is 1. The van der Waals surface area contributed by atoms with E-state index in [-0.39, 0.29) is 30.9 Å². The molecule has 7 heteroatoms. The zero-order valence-electron chi connectivity index (χ0n) is 15.8. The molecule has 1 fully saturated rings. The molecule has 2 amide bonds. The number of nitrogens with zero attached hydrogens (tertiary/aromatic N) is 1. The summed E-state index contributed by atoms with van der Waals surface area (Å²) < 4.78 is 18.6. The molecule has 0 spiro atoms. The van der Waals surface area contributed by atoms with Crippen LogP contribution in [-0.2, 0) is 4.79 Å². The van der Waals surface area contributed by atoms with Crippen LogP contribution in [0.4, 0.5) is 4.39 Å². The van der Waals surface area contributed by atoms with Crippen molar-refractivity contribution >= 4 is 11.8 Å². The van der Waals surface area contributed by atoms with Crippen LogP contribution in [0.3, 0.4) is 0 Å². The first kappa shape index (κ1) is 20.2. The minimum atomic E-state index is -0.942. The predicted molar refractivity (Wildman–Crippen MR) is 98.1 cm³/mol. The summed E-state index contributed by atoms with van der Waals surface area (Å²) in [4.78, 5) is 26.2. The summed E-state index contributed by atoms with van der Waals surface area (Å²) in [5, 5.41) is 6.00. The molecule has 0 bridgehead atoms. The second kappa shape index (κ2) is 8.49. The molecule has 0 unspecified atom stereocenters. The Kier molecular flexibility index (Phi) is 6.58. The van der Waals surface area contributed by atoms with E-state index >= 15 is 0 Å². The third-order valence-electron chi connectivity index (χ3n) is 4.60. The summed E-state index contributed by atoms with van der Waals surface area (Å²) in [6.45, 7) is 6.25. The Balaban J connectivity index is 1.84. The number of carbonyl (C=O) groups excluding carboxylic acids is 2. The Labute approximate surface area is 154 Å². The van der Waals surface area contributed by atoms with Crippen LogP contribution in [0.1, 0.15) is 37.6 Å². The van der Waals surface area contributed by atoms with E-state index in [1.54, 1.807) is 29.2 Å². The van der Waals surface area contributed by atoms with Gasteiger partial charge in [0, 0.05) is 24.5 Å². The monoisotopic (exact) mass is 365 g/mol. The molecule has 1 aromatic rings. The lowest BCUT2D eigenvalue weighted by molar-refractivity contribution is -0.131. The van der Waals surface area contributed by atoms with Gasteiger partial charge in [0.25, 0.3) is 5.91 Å². The highest BCUT2D eigenvalue weighted by Crippen LogP contribution is 2.20. The molecule has 1 aliphatic heterocycles. The van der Waals surface area contributed by atoms with Crippen molar-refractivity contribution in [2.24, 2.45) is 0 Å². The number of hydrogen-bond donors (Lipinski definition) is 2. The molecule has 1 aliphatic rings. The smallest absolute Gasteiger partial charge is 0.255 e. The Morgan fingerprint density at radius 2 is 2.04 bits per heavy atom. The number of halogens is 1. The third kappa shape index (κ3) is 5.17. The third-order valence-corrected chi connectivity index (χ3v) is 4.60. The number of methoxy groups -OCH3 is 1. The minimum Gasteiger partial charge on any atom is -0.496 e. The van der Waals surface area contributed by atoms with E-state index in [2.05, 4.69) is 10.6 Å². The van der Waals surface area contributed by atoms with Gasteiger partial charge in [0.05, 0.1) is 25.8 Å². The highest BCUT2D eigenvalue weighted by Gasteiger charge is 2.32. The SMILES string of the molecule is COc1ccccc1C(=O)NCC(C)(C)NCC(=O)N1C[C@@H](F)C[C@H]1C. The maximum atomic E-state index is 13.4. The van der Waals surface area contributed by atoms with E-state index in [0.717, 1.165) is 0 Å². The minimum absolute atomic E-state index is 0.0762. The predicted octanol–water partition coefficient (Wildman–Crippen LogP) is 1.75. The van der Waals surface area contributed by atoms with Crippen LogP contribution in [0.5, 0.6) is 5.75 Å². The molecule has 6 nitrogen and oxygen atoms in total. The molecular weight excluding hydrogens is 337 g/mol. The van der Waals surface area contributed by atoms with Crippen LogP contribution in [0.2, 0.25) is 0 Å². The van der Waals surface area contributed by atoms with Crippen LogP contribution in [0, 0.1) is 0 Å². The van der Waals surface area contributed by atoms with Crippen molar-refractivity contribution in [3.05, 3.63) is 29.8 Å². The summed E-state index contributed by atoms with van der Waals surface area (Å²) in [5.41, 5.74) is -0.0347. The Morgan fingerprint density at radius 3 is 2.65 bits per heavy atom. The standard InChI is InChI=1S/C19H28FN3O3/c1-13-9-14(20)11-23(13)17(24)10-22-19(2,3)12-21-18(25)15-7-5-6-8-16(15)26-4/h5-8,13-14,22H,9-12H2,1-4H3,(H,21,25)/t13-,14+/m1/s1. The summed E-state index contributed by atoms with van der Waals surface area (Å²) >= 11 is 0. The van der Waals surface area contributed by atoms with Gasteiger partial charge in [-0.1, -0.05) is 12.1 Å². The second-order valence-corrected chi connectivity index (χ2v) is 7.35. The first-order chi connectivity index (χ1) is 12.2. The number of para-hydroxylation sites is 1. The average Bonchev–Trinajstić information content (AvgIpc) is 2.96. The molecule has 144 valence electrons. The second-order valence-electron chi connectivity index (χ2n) is 7.35. The van der Waals surface area contributed by atoms with Crippen molar-refractivity contribution in [2.45, 2.75) is 44.9 Å². The Morgan fingerprint density at radius 1 is 1.35 bits per heavy atom. The molecule has 1 saturated heterocycles. The number of ether oxygens (including phenoxy) is 1. The molecule has 0 radical (unpaired) electrons. The zero-order valence-corrected chi connectivity index (χ0v) is 15.8. The van der Waals surface area contributed by atoms with Crippen LogP contribution < -0.4 is 15.4 Å². The average molecular weight is 365 g/mol. The number of hydrogen-bond acceptors (Lipinski definition) is 4. The van der Waals surface area contributed by atoms with Gasteiger partial charge < -0.3 is 20.3 Å². The summed E-state index contributed by atoms with van der Waals surface area (Å²) in [6.07, 6.45) is -0.550. The molecule has 1 heterocycles. The number of rotatable bonds is 7. The lowest BCUT2D eigenvalue weighted by atomic mass is 10.1. The molecule has 0 aromatic heterocycles. The van der Waals surface area contributed by atoms with Crippen molar-refractivity contribution in [2.75, 3.05) is 26.7 Å². The molecular formula is C19H28FN3O3. The van der Waals surface area contributed by atoms with E-state index < -0.39 is 11.7 Å². The Hall–Kier alpha value is -2.15. The fraction of sp³-hybridized carbons (Fsp3) is 0.579. The normalized spacial score (nSPS) is 20.1. The van der Waals surface area contributed by atoms with Gasteiger partial charge in [0.15, 0.2) is 0 Å². The quantitative estimate of drug-likeness (QED) is 0.772. The lowest BCUT2D eigenvalue weighted by Crippen LogP contribution is -2.52. The van der Waals surface area contributed by atoms with Crippen molar-refractivity contribution in [1.29, 1.82) is 0 Å². The van der Waals surface area contributed by atoms with Crippen molar-refractivity contribution < 1.29 is 18.7 Å². The summed E-state index contributed by atoms with van der Waals surface area (Å²) in [7, 11) is 1.52. The maximum absolute atomic E-state index is 13.4. The largest absolute Gasteiger partial charge is 0.496 e. The molecule has 0 saturated carbocycles. The molecule has 0 aliphatic carbocycles. The molecule has 2 atom stereocenters. The summed E-state index contributed by atoms with van der Waals surface area (Å²) in [5.74, 6) is 0.147. The number of amides is 2. The fourth-order valence-corrected chi connectivity index (χ4v) is 3.02. The van der Waals surface area contributed by atoms with Gasteiger partial charge in [-0.05, 0) is 32.9 Å². The van der Waals surface area contributed by atoms with Gasteiger partial charge >= 0.3 is 0 Å². The van der Waals surface area contributed by atoms with Crippen molar-refractivity contribution in [3.63, 3.8) is 0 Å². The maximum Gasteiger partial charge on any atom is 0.255 e. The highest BCUT2D eigenvalue weighted by molar-refractivity contribution is 5.96. The number of carbonyl (C=O) groups is 2. The van der Waals surface area contributed by atoms with Gasteiger partial charge in [-0.15, -0.1) is 0 Å². The van der Waals surface area contributed by atoms with E-state index in [4.69, 9.17) is 4.74 Å². The van der Waals surface area contributed by atoms with E-state index in [1.165, 1.54) is 7.11 Å². The Bertz CT molecular complexity index is 651. The van der Waals surface area contributed by atoms with E-state index in [1.807, 2.05) is 20.8 Å². The van der Waals surface area contributed by atoms with Crippen LogP contribution in [0.15, 0.2) is 24.3 Å². The van der Waals surface area contributed by atoms with Gasteiger partial charge in [-0.2, -0.15) is 0 Å². The topological polar surface area (TPSA) is 70.7 Å². The molecule has 26 heavy (non-hydrogen) atoms. The lowest BCUT2D eigenvalue weighted by Gasteiger charge is -2.29. The highest BCUT2D eigenvalue weighted by atomic mass is 19.1.